The van der Waals surface area contributed by atoms with Gasteiger partial charge in [-0.3, -0.25) is 4.90 Å². The summed E-state index contributed by atoms with van der Waals surface area (Å²) in [6.45, 7) is 1.83. The molecule has 2 aliphatic rings. The minimum Gasteiger partial charge on any atom is -0.397 e. The monoisotopic (exact) mass is 263 g/mol. The van der Waals surface area contributed by atoms with Crippen molar-refractivity contribution in [2.45, 2.75) is 13.1 Å². The average molecular weight is 263 g/mol. The van der Waals surface area contributed by atoms with Crippen molar-refractivity contribution in [2.75, 3.05) is 6.54 Å². The van der Waals surface area contributed by atoms with Crippen molar-refractivity contribution in [3.05, 3.63) is 46.0 Å². The zero-order chi connectivity index (χ0) is 12.8. The maximum absolute atomic E-state index is 11.7. The van der Waals surface area contributed by atoms with Gasteiger partial charge in [-0.25, -0.2) is 0 Å². The molecule has 0 aromatic heterocycles. The van der Waals surface area contributed by atoms with Gasteiger partial charge >= 0.3 is 0 Å². The summed E-state index contributed by atoms with van der Waals surface area (Å²) < 4.78 is 26.8. The predicted molar refractivity (Wildman–Crippen MR) is 69.2 cm³/mol. The Balaban J connectivity index is 1.80. The van der Waals surface area contributed by atoms with E-state index < -0.39 is 10.0 Å². The van der Waals surface area contributed by atoms with E-state index in [0.717, 1.165) is 13.1 Å². The summed E-state index contributed by atoms with van der Waals surface area (Å²) in [5, 5.41) is 0. The van der Waals surface area contributed by atoms with E-state index in [1.54, 1.807) is 0 Å². The fourth-order valence-electron chi connectivity index (χ4n) is 2.30. The fourth-order valence-corrected chi connectivity index (χ4v) is 3.38. The Morgan fingerprint density at radius 1 is 1.22 bits per heavy atom. The van der Waals surface area contributed by atoms with Crippen LogP contribution in [-0.4, -0.2) is 26.1 Å². The molecular formula is C12H13N3O2S. The molecule has 0 radical (unpaired) electrons. The normalized spacial score (nSPS) is 21.6. The van der Waals surface area contributed by atoms with E-state index in [9.17, 15) is 8.42 Å². The minimum atomic E-state index is -3.53. The molecule has 1 aromatic carbocycles. The number of nitrogens with two attached hydrogens (primary N) is 1. The Labute approximate surface area is 106 Å². The molecule has 1 aromatic rings. The second-order valence-corrected chi connectivity index (χ2v) is 6.16. The van der Waals surface area contributed by atoms with E-state index in [2.05, 4.69) is 21.4 Å². The molecule has 2 N–H and O–H groups in total. The predicted octanol–water partition coefficient (Wildman–Crippen LogP) is 0.587. The Bertz CT molecular complexity index is 637. The number of allylic oxidation sites excluding steroid dienone is 1. The van der Waals surface area contributed by atoms with Crippen LogP contribution in [-0.2, 0) is 23.1 Å². The lowest BCUT2D eigenvalue weighted by molar-refractivity contribution is 0.313. The van der Waals surface area contributed by atoms with Gasteiger partial charge in [0.15, 0.2) is 0 Å². The highest BCUT2D eigenvalue weighted by Gasteiger charge is 2.28. The molecule has 5 nitrogen and oxygen atoms in total. The third-order valence-corrected chi connectivity index (χ3v) is 4.61. The summed E-state index contributed by atoms with van der Waals surface area (Å²) in [7, 11) is -3.53. The van der Waals surface area contributed by atoms with Gasteiger partial charge in [0.25, 0.3) is 10.0 Å². The number of hydrogen-bond acceptors (Lipinski definition) is 4. The largest absolute Gasteiger partial charge is 0.397 e. The van der Waals surface area contributed by atoms with Gasteiger partial charge in [0, 0.05) is 19.6 Å². The van der Waals surface area contributed by atoms with Crippen LogP contribution in [0.25, 0.3) is 0 Å². The fraction of sp³-hybridized carbons (Fsp3) is 0.250. The number of benzene rings is 1. The molecule has 0 saturated heterocycles. The molecule has 0 spiro atoms. The maximum Gasteiger partial charge on any atom is 0.281 e. The molecule has 0 unspecified atom stereocenters. The standard InChI is InChI=1S/C12H13N3O2S/c13-11-5-14-18(16,17)12(11)8-15-6-9-3-1-2-4-10(9)7-15/h1-5H,6-8,13H2. The molecule has 0 atom stereocenters. The van der Waals surface area contributed by atoms with Crippen molar-refractivity contribution >= 4 is 16.2 Å². The highest BCUT2D eigenvalue weighted by atomic mass is 32.2. The van der Waals surface area contributed by atoms with Crippen molar-refractivity contribution in [3.63, 3.8) is 0 Å². The number of nitrogens with zero attached hydrogens (tertiary/aromatic N) is 2. The molecule has 0 fully saturated rings. The van der Waals surface area contributed by atoms with Gasteiger partial charge in [0.1, 0.15) is 4.91 Å². The lowest BCUT2D eigenvalue weighted by Gasteiger charge is -2.15. The van der Waals surface area contributed by atoms with Gasteiger partial charge in [-0.05, 0) is 11.1 Å². The zero-order valence-electron chi connectivity index (χ0n) is 9.70. The average Bonchev–Trinajstić information content (AvgIpc) is 2.85. The van der Waals surface area contributed by atoms with Crippen LogP contribution in [0, 0.1) is 0 Å². The van der Waals surface area contributed by atoms with E-state index in [-0.39, 0.29) is 10.6 Å². The minimum absolute atomic E-state index is 0.218. The van der Waals surface area contributed by atoms with E-state index in [1.165, 1.54) is 17.3 Å². The number of hydrogen-bond donors (Lipinski definition) is 1. The van der Waals surface area contributed by atoms with Gasteiger partial charge in [0.05, 0.1) is 11.9 Å². The molecule has 18 heavy (non-hydrogen) atoms. The second-order valence-electron chi connectivity index (χ2n) is 4.50. The Morgan fingerprint density at radius 3 is 2.33 bits per heavy atom. The van der Waals surface area contributed by atoms with Crippen LogP contribution in [0.5, 0.6) is 0 Å². The van der Waals surface area contributed by atoms with Gasteiger partial charge < -0.3 is 5.73 Å². The first-order valence-corrected chi connectivity index (χ1v) is 7.08. The van der Waals surface area contributed by atoms with Crippen molar-refractivity contribution in [2.24, 2.45) is 10.1 Å². The molecule has 2 aliphatic heterocycles. The molecule has 3 rings (SSSR count). The summed E-state index contributed by atoms with van der Waals surface area (Å²) in [5.74, 6) is 0. The van der Waals surface area contributed by atoms with Crippen LogP contribution in [0.4, 0.5) is 0 Å². The molecule has 0 amide bonds. The third kappa shape index (κ3) is 1.83. The highest BCUT2D eigenvalue weighted by Crippen LogP contribution is 2.26. The highest BCUT2D eigenvalue weighted by molar-refractivity contribution is 7.94. The third-order valence-electron chi connectivity index (χ3n) is 3.24. The first-order chi connectivity index (χ1) is 8.56. The van der Waals surface area contributed by atoms with Crippen LogP contribution < -0.4 is 5.73 Å². The maximum atomic E-state index is 11.7. The van der Waals surface area contributed by atoms with Crippen LogP contribution >= 0.6 is 0 Å². The van der Waals surface area contributed by atoms with Crippen LogP contribution in [0.15, 0.2) is 39.3 Å². The number of sulfonamides is 1. The van der Waals surface area contributed by atoms with Gasteiger partial charge in [-0.1, -0.05) is 24.3 Å². The summed E-state index contributed by atoms with van der Waals surface area (Å²) in [6.07, 6.45) is 1.22. The molecule has 0 bridgehead atoms. The molecule has 94 valence electrons. The van der Waals surface area contributed by atoms with Crippen LogP contribution in [0.3, 0.4) is 0 Å². The summed E-state index contributed by atoms with van der Waals surface area (Å²) in [4.78, 5) is 2.27. The Hall–Kier alpha value is -1.66. The molecular weight excluding hydrogens is 250 g/mol. The van der Waals surface area contributed by atoms with Gasteiger partial charge in [-0.15, -0.1) is 0 Å². The van der Waals surface area contributed by atoms with Gasteiger partial charge in [0.2, 0.25) is 0 Å². The van der Waals surface area contributed by atoms with Crippen molar-refractivity contribution in [1.29, 1.82) is 0 Å². The molecule has 0 saturated carbocycles. The number of rotatable bonds is 2. The van der Waals surface area contributed by atoms with E-state index in [0.29, 0.717) is 6.54 Å². The molecule has 0 aliphatic carbocycles. The van der Waals surface area contributed by atoms with Crippen LogP contribution in [0.1, 0.15) is 11.1 Å². The summed E-state index contributed by atoms with van der Waals surface area (Å²) >= 11 is 0. The SMILES string of the molecule is NC1=C(CN2Cc3ccccc3C2)S(=O)(=O)N=C1. The van der Waals surface area contributed by atoms with Gasteiger partial charge in [-0.2, -0.15) is 12.8 Å². The Morgan fingerprint density at radius 2 is 1.83 bits per heavy atom. The second kappa shape index (κ2) is 3.93. The smallest absolute Gasteiger partial charge is 0.281 e. The zero-order valence-corrected chi connectivity index (χ0v) is 10.5. The van der Waals surface area contributed by atoms with E-state index in [4.69, 9.17) is 5.73 Å². The molecule has 2 heterocycles. The Kier molecular flexibility index (Phi) is 2.49. The van der Waals surface area contributed by atoms with Crippen molar-refractivity contribution in [3.8, 4) is 0 Å². The summed E-state index contributed by atoms with van der Waals surface area (Å²) in [5.41, 5.74) is 8.40. The van der Waals surface area contributed by atoms with Crippen molar-refractivity contribution < 1.29 is 8.42 Å². The first kappa shape index (κ1) is 11.4. The lowest BCUT2D eigenvalue weighted by Crippen LogP contribution is -2.23. The number of fused-ring (bicyclic) bond motifs is 1. The molecule has 6 heteroatoms. The quantitative estimate of drug-likeness (QED) is 0.847. The van der Waals surface area contributed by atoms with E-state index in [1.807, 2.05) is 12.1 Å². The van der Waals surface area contributed by atoms with Crippen molar-refractivity contribution in [1.82, 2.24) is 4.90 Å². The lowest BCUT2D eigenvalue weighted by atomic mass is 10.1. The van der Waals surface area contributed by atoms with Crippen LogP contribution in [0.2, 0.25) is 0 Å². The summed E-state index contributed by atoms with van der Waals surface area (Å²) in [6, 6.07) is 8.11. The topological polar surface area (TPSA) is 75.8 Å². The first-order valence-electron chi connectivity index (χ1n) is 5.64. The van der Waals surface area contributed by atoms with E-state index >= 15 is 0 Å².